The molecule has 2 aliphatic rings. The van der Waals surface area contributed by atoms with Gasteiger partial charge in [-0.05, 0) is 39.2 Å². The van der Waals surface area contributed by atoms with Gasteiger partial charge < -0.3 is 20.6 Å². The van der Waals surface area contributed by atoms with Gasteiger partial charge in [-0.2, -0.15) is 0 Å². The van der Waals surface area contributed by atoms with E-state index in [2.05, 4.69) is 10.3 Å². The summed E-state index contributed by atoms with van der Waals surface area (Å²) >= 11 is 0. The normalized spacial score (nSPS) is 24.5. The van der Waals surface area contributed by atoms with E-state index in [4.69, 9.17) is 5.73 Å². The van der Waals surface area contributed by atoms with Gasteiger partial charge in [0.1, 0.15) is 11.6 Å². The zero-order chi connectivity index (χ0) is 23.2. The van der Waals surface area contributed by atoms with Gasteiger partial charge in [-0.15, -0.1) is 5.10 Å². The van der Waals surface area contributed by atoms with Gasteiger partial charge in [0.25, 0.3) is 11.8 Å². The van der Waals surface area contributed by atoms with Crippen LogP contribution in [0, 0.1) is 6.92 Å². The molecule has 10 nitrogen and oxygen atoms in total. The molecule has 0 bridgehead atoms. The van der Waals surface area contributed by atoms with Crippen molar-refractivity contribution < 1.29 is 19.5 Å². The van der Waals surface area contributed by atoms with Crippen molar-refractivity contribution in [3.63, 3.8) is 0 Å². The van der Waals surface area contributed by atoms with Crippen LogP contribution in [-0.4, -0.2) is 77.9 Å². The highest BCUT2D eigenvalue weighted by molar-refractivity contribution is 6.03. The Balaban J connectivity index is 1.59. The molecule has 3 heterocycles. The number of likely N-dealkylation sites (tertiary alicyclic amines) is 2. The van der Waals surface area contributed by atoms with Gasteiger partial charge >= 0.3 is 0 Å². The van der Waals surface area contributed by atoms with E-state index < -0.39 is 23.6 Å². The van der Waals surface area contributed by atoms with Crippen molar-refractivity contribution in [1.29, 1.82) is 0 Å². The van der Waals surface area contributed by atoms with E-state index >= 15 is 0 Å². The van der Waals surface area contributed by atoms with Crippen LogP contribution in [0.3, 0.4) is 0 Å². The highest BCUT2D eigenvalue weighted by Gasteiger charge is 2.64. The van der Waals surface area contributed by atoms with E-state index in [1.165, 1.54) is 11.8 Å². The summed E-state index contributed by atoms with van der Waals surface area (Å²) in [6, 6.07) is 8.45. The number of primary amides is 1. The second kappa shape index (κ2) is 8.01. The molecule has 1 spiro atoms. The smallest absolute Gasteiger partial charge is 0.277 e. The standard InChI is InChI=1S/C22H28N6O4/c1-13-9-10-22(12-26(21(22)32)18(15(3)29)19(23)30)28(13)20(31)17-14(2)27(25-24-17)11-16-7-5-4-6-8-16/h4-8,13,15,18,29H,9-12H2,1-3H3,(H2,23,30)/t13?,15-,18+,22?/m1/s1. The molecule has 3 N–H and O–H groups in total. The first-order chi connectivity index (χ1) is 15.2. The van der Waals surface area contributed by atoms with E-state index in [1.54, 1.807) is 16.5 Å². The summed E-state index contributed by atoms with van der Waals surface area (Å²) in [6.07, 6.45) is 0.0350. The van der Waals surface area contributed by atoms with Crippen LogP contribution < -0.4 is 5.73 Å². The lowest BCUT2D eigenvalue weighted by Gasteiger charge is -2.54. The molecule has 170 valence electrons. The number of carbonyl (C=O) groups is 3. The third kappa shape index (κ3) is 3.35. The second-order valence-electron chi connectivity index (χ2n) is 8.78. The Bertz CT molecular complexity index is 1050. The maximum atomic E-state index is 13.5. The zero-order valence-corrected chi connectivity index (χ0v) is 18.4. The van der Waals surface area contributed by atoms with Gasteiger partial charge in [-0.1, -0.05) is 35.5 Å². The van der Waals surface area contributed by atoms with Crippen LogP contribution in [0.5, 0.6) is 0 Å². The third-order valence-corrected chi connectivity index (χ3v) is 6.63. The number of aliphatic hydroxyl groups excluding tert-OH is 1. The minimum absolute atomic E-state index is 0.150. The Hall–Kier alpha value is -3.27. The van der Waals surface area contributed by atoms with Crippen molar-refractivity contribution in [2.45, 2.75) is 63.9 Å². The second-order valence-corrected chi connectivity index (χ2v) is 8.78. The van der Waals surface area contributed by atoms with E-state index in [9.17, 15) is 19.5 Å². The number of β-lactam (4-membered cyclic amide) rings is 1. The Kier molecular flexibility index (Phi) is 5.49. The highest BCUT2D eigenvalue weighted by Crippen LogP contribution is 2.44. The summed E-state index contributed by atoms with van der Waals surface area (Å²) in [5.41, 5.74) is 6.22. The first kappa shape index (κ1) is 21.9. The van der Waals surface area contributed by atoms with E-state index in [-0.39, 0.29) is 30.1 Å². The minimum Gasteiger partial charge on any atom is -0.391 e. The molecule has 1 aromatic carbocycles. The van der Waals surface area contributed by atoms with Gasteiger partial charge in [0.15, 0.2) is 5.69 Å². The quantitative estimate of drug-likeness (QED) is 0.611. The average Bonchev–Trinajstić information content (AvgIpc) is 3.29. The fourth-order valence-electron chi connectivity index (χ4n) is 4.93. The Labute approximate surface area is 186 Å². The summed E-state index contributed by atoms with van der Waals surface area (Å²) in [7, 11) is 0. The first-order valence-corrected chi connectivity index (χ1v) is 10.7. The fourth-order valence-corrected chi connectivity index (χ4v) is 4.93. The molecular formula is C22H28N6O4. The molecule has 0 saturated carbocycles. The van der Waals surface area contributed by atoms with Crippen LogP contribution >= 0.6 is 0 Å². The van der Waals surface area contributed by atoms with Crippen LogP contribution in [0.15, 0.2) is 30.3 Å². The molecule has 4 atom stereocenters. The molecule has 2 unspecified atom stereocenters. The van der Waals surface area contributed by atoms with Crippen LogP contribution in [0.4, 0.5) is 0 Å². The molecule has 1 aromatic heterocycles. The van der Waals surface area contributed by atoms with Crippen LogP contribution in [-0.2, 0) is 16.1 Å². The lowest BCUT2D eigenvalue weighted by atomic mass is 9.83. The van der Waals surface area contributed by atoms with Crippen molar-refractivity contribution >= 4 is 17.7 Å². The van der Waals surface area contributed by atoms with E-state index in [0.29, 0.717) is 25.1 Å². The van der Waals surface area contributed by atoms with Crippen molar-refractivity contribution in [1.82, 2.24) is 24.8 Å². The molecule has 10 heteroatoms. The van der Waals surface area contributed by atoms with Gasteiger partial charge in [0, 0.05) is 6.04 Å². The van der Waals surface area contributed by atoms with Gasteiger partial charge in [0.05, 0.1) is 24.9 Å². The molecule has 32 heavy (non-hydrogen) atoms. The average molecular weight is 441 g/mol. The predicted octanol–water partition coefficient (Wildman–Crippen LogP) is 0.0750. The van der Waals surface area contributed by atoms with E-state index in [0.717, 1.165) is 5.56 Å². The Morgan fingerprint density at radius 1 is 1.31 bits per heavy atom. The Morgan fingerprint density at radius 3 is 2.59 bits per heavy atom. The molecule has 0 aliphatic carbocycles. The van der Waals surface area contributed by atoms with Gasteiger partial charge in [-0.25, -0.2) is 4.68 Å². The SMILES string of the molecule is Cc1c(C(=O)N2C(C)CCC23CN([C@H](C(N)=O)[C@@H](C)O)C3=O)nnn1Cc1ccccc1. The number of amides is 3. The number of carbonyl (C=O) groups excluding carboxylic acids is 3. The fraction of sp³-hybridized carbons (Fsp3) is 0.500. The summed E-state index contributed by atoms with van der Waals surface area (Å²) in [5, 5.41) is 18.2. The molecule has 2 aromatic rings. The number of hydrogen-bond acceptors (Lipinski definition) is 6. The summed E-state index contributed by atoms with van der Waals surface area (Å²) in [6.45, 7) is 5.73. The number of rotatable bonds is 6. The van der Waals surface area contributed by atoms with Crippen molar-refractivity contribution in [2.24, 2.45) is 5.73 Å². The molecule has 2 fully saturated rings. The maximum Gasteiger partial charge on any atom is 0.277 e. The van der Waals surface area contributed by atoms with E-state index in [1.807, 2.05) is 37.3 Å². The van der Waals surface area contributed by atoms with Crippen LogP contribution in [0.1, 0.15) is 48.4 Å². The summed E-state index contributed by atoms with van der Waals surface area (Å²) < 4.78 is 1.67. The predicted molar refractivity (Wildman–Crippen MR) is 114 cm³/mol. The Morgan fingerprint density at radius 2 is 2.00 bits per heavy atom. The molecule has 2 aliphatic heterocycles. The molecule has 4 rings (SSSR count). The molecule has 0 radical (unpaired) electrons. The van der Waals surface area contributed by atoms with Crippen LogP contribution in [0.25, 0.3) is 0 Å². The molecule has 2 saturated heterocycles. The number of aromatic nitrogens is 3. The number of benzene rings is 1. The maximum absolute atomic E-state index is 13.5. The van der Waals surface area contributed by atoms with Crippen molar-refractivity contribution in [3.8, 4) is 0 Å². The van der Waals surface area contributed by atoms with Crippen molar-refractivity contribution in [2.75, 3.05) is 6.54 Å². The molecular weight excluding hydrogens is 412 g/mol. The van der Waals surface area contributed by atoms with Crippen LogP contribution in [0.2, 0.25) is 0 Å². The first-order valence-electron chi connectivity index (χ1n) is 10.7. The lowest BCUT2D eigenvalue weighted by molar-refractivity contribution is -0.170. The number of nitrogens with two attached hydrogens (primary N) is 1. The summed E-state index contributed by atoms with van der Waals surface area (Å²) in [5.74, 6) is -1.49. The monoisotopic (exact) mass is 440 g/mol. The minimum atomic E-state index is -1.12. The number of aliphatic hydroxyl groups is 1. The third-order valence-electron chi connectivity index (χ3n) is 6.63. The summed E-state index contributed by atoms with van der Waals surface area (Å²) in [4.78, 5) is 41.4. The largest absolute Gasteiger partial charge is 0.391 e. The number of nitrogens with zero attached hydrogens (tertiary/aromatic N) is 5. The highest BCUT2D eigenvalue weighted by atomic mass is 16.3. The molecule has 3 amide bonds. The number of hydrogen-bond donors (Lipinski definition) is 2. The van der Waals surface area contributed by atoms with Crippen molar-refractivity contribution in [3.05, 3.63) is 47.3 Å². The van der Waals surface area contributed by atoms with Gasteiger partial charge in [-0.3, -0.25) is 14.4 Å². The topological polar surface area (TPSA) is 135 Å². The lowest BCUT2D eigenvalue weighted by Crippen LogP contribution is -2.77. The zero-order valence-electron chi connectivity index (χ0n) is 18.4. The van der Waals surface area contributed by atoms with Gasteiger partial charge in [0.2, 0.25) is 5.91 Å².